The summed E-state index contributed by atoms with van der Waals surface area (Å²) in [5.41, 5.74) is 1.51. The van der Waals surface area contributed by atoms with Crippen molar-refractivity contribution in [1.29, 1.82) is 0 Å². The molecule has 0 radical (unpaired) electrons. The number of anilines is 1. The molecule has 0 amide bonds. The molecule has 2 aromatic heterocycles. The van der Waals surface area contributed by atoms with Crippen LogP contribution in [0.25, 0.3) is 10.2 Å². The van der Waals surface area contributed by atoms with E-state index in [0.717, 1.165) is 57.6 Å². The predicted octanol–water partition coefficient (Wildman–Crippen LogP) is 2.63. The van der Waals surface area contributed by atoms with Gasteiger partial charge in [-0.15, -0.1) is 11.3 Å². The Hall–Kier alpha value is -1.28. The molecule has 0 N–H and O–H groups in total. The van der Waals surface area contributed by atoms with Crippen LogP contribution in [-0.4, -0.2) is 66.5 Å². The zero-order chi connectivity index (χ0) is 18.4. The molecule has 27 heavy (non-hydrogen) atoms. The molecule has 0 saturated carbocycles. The highest BCUT2D eigenvalue weighted by Crippen LogP contribution is 2.41. The molecule has 2 saturated heterocycles. The summed E-state index contributed by atoms with van der Waals surface area (Å²) >= 11 is 1.89. The van der Waals surface area contributed by atoms with Crippen LogP contribution < -0.4 is 4.90 Å². The zero-order valence-corrected chi connectivity index (χ0v) is 17.1. The Labute approximate surface area is 164 Å². The number of aryl methyl sites for hydroxylation is 2. The molecule has 0 bridgehead atoms. The molecule has 0 aromatic carbocycles. The van der Waals surface area contributed by atoms with Crippen molar-refractivity contribution >= 4 is 27.4 Å². The van der Waals surface area contributed by atoms with Crippen LogP contribution in [0.15, 0.2) is 0 Å². The van der Waals surface area contributed by atoms with Crippen molar-refractivity contribution < 1.29 is 9.47 Å². The summed E-state index contributed by atoms with van der Waals surface area (Å²) in [7, 11) is 0. The maximum absolute atomic E-state index is 5.97. The molecule has 6 nitrogen and oxygen atoms in total. The van der Waals surface area contributed by atoms with E-state index in [0.29, 0.717) is 0 Å². The van der Waals surface area contributed by atoms with Crippen LogP contribution in [0.5, 0.6) is 0 Å². The summed E-state index contributed by atoms with van der Waals surface area (Å²) in [6, 6.07) is 0. The van der Waals surface area contributed by atoms with Crippen LogP contribution >= 0.6 is 11.3 Å². The van der Waals surface area contributed by atoms with Crippen LogP contribution in [0.2, 0.25) is 0 Å². The molecule has 146 valence electrons. The number of aromatic nitrogens is 2. The molecule has 2 aliphatic heterocycles. The number of hydrogen-bond acceptors (Lipinski definition) is 7. The number of morpholine rings is 2. The van der Waals surface area contributed by atoms with Gasteiger partial charge < -0.3 is 14.4 Å². The van der Waals surface area contributed by atoms with Gasteiger partial charge in [0.2, 0.25) is 0 Å². The van der Waals surface area contributed by atoms with Crippen molar-refractivity contribution in [2.24, 2.45) is 0 Å². The number of fused-ring (bicyclic) bond motifs is 3. The summed E-state index contributed by atoms with van der Waals surface area (Å²) in [6.45, 7) is 10.5. The zero-order valence-electron chi connectivity index (χ0n) is 16.2. The van der Waals surface area contributed by atoms with E-state index in [-0.39, 0.29) is 12.2 Å². The van der Waals surface area contributed by atoms with Crippen molar-refractivity contribution in [2.75, 3.05) is 44.3 Å². The number of ether oxygens (including phenoxy) is 2. The first-order valence-corrected chi connectivity index (χ1v) is 11.0. The summed E-state index contributed by atoms with van der Waals surface area (Å²) in [5.74, 6) is 2.09. The van der Waals surface area contributed by atoms with Gasteiger partial charge in [-0.05, 0) is 38.7 Å². The third kappa shape index (κ3) is 3.46. The van der Waals surface area contributed by atoms with E-state index in [4.69, 9.17) is 19.4 Å². The Morgan fingerprint density at radius 1 is 1.07 bits per heavy atom. The molecule has 2 atom stereocenters. The summed E-state index contributed by atoms with van der Waals surface area (Å²) in [4.78, 5) is 17.7. The molecule has 5 rings (SSSR count). The molecular weight excluding hydrogens is 360 g/mol. The second-order valence-corrected chi connectivity index (χ2v) is 9.14. The second kappa shape index (κ2) is 7.28. The van der Waals surface area contributed by atoms with Gasteiger partial charge in [0, 0.05) is 31.1 Å². The van der Waals surface area contributed by atoms with E-state index >= 15 is 0 Å². The largest absolute Gasteiger partial charge is 0.379 e. The van der Waals surface area contributed by atoms with Crippen LogP contribution in [0.1, 0.15) is 36.5 Å². The van der Waals surface area contributed by atoms with E-state index in [9.17, 15) is 0 Å². The Morgan fingerprint density at radius 2 is 1.85 bits per heavy atom. The van der Waals surface area contributed by atoms with Gasteiger partial charge in [-0.2, -0.15) is 0 Å². The normalized spacial score (nSPS) is 26.7. The predicted molar refractivity (Wildman–Crippen MR) is 108 cm³/mol. The third-order valence-corrected chi connectivity index (χ3v) is 6.97. The molecule has 7 heteroatoms. The molecule has 2 fully saturated rings. The summed E-state index contributed by atoms with van der Waals surface area (Å²) in [5, 5.41) is 1.32. The standard InChI is InChI=1S/C20H28N4O2S/c1-13-10-24(11-14(2)26-13)19-18-15-4-3-5-16(15)27-20(18)22-17(21-19)12-23-6-8-25-9-7-23/h13-14H,3-12H2,1-2H3/t13-,14-/m1/s1. The molecule has 4 heterocycles. The van der Waals surface area contributed by atoms with Gasteiger partial charge in [0.05, 0.1) is 37.4 Å². The maximum atomic E-state index is 5.97. The third-order valence-electron chi connectivity index (χ3n) is 5.78. The quantitative estimate of drug-likeness (QED) is 0.806. The van der Waals surface area contributed by atoms with Crippen LogP contribution in [-0.2, 0) is 28.9 Å². The van der Waals surface area contributed by atoms with Crippen molar-refractivity contribution in [2.45, 2.75) is 51.9 Å². The first-order valence-electron chi connectivity index (χ1n) is 10.2. The van der Waals surface area contributed by atoms with Gasteiger partial charge in [-0.1, -0.05) is 0 Å². The van der Waals surface area contributed by atoms with Gasteiger partial charge in [-0.3, -0.25) is 4.90 Å². The minimum atomic E-state index is 0.230. The molecule has 2 aromatic rings. The average molecular weight is 389 g/mol. The lowest BCUT2D eigenvalue weighted by molar-refractivity contribution is -0.00541. The van der Waals surface area contributed by atoms with Crippen molar-refractivity contribution in [3.05, 3.63) is 16.3 Å². The van der Waals surface area contributed by atoms with E-state index < -0.39 is 0 Å². The lowest BCUT2D eigenvalue weighted by Crippen LogP contribution is -2.46. The van der Waals surface area contributed by atoms with E-state index in [1.807, 2.05) is 11.3 Å². The number of rotatable bonds is 3. The number of thiophene rings is 1. The van der Waals surface area contributed by atoms with E-state index in [1.165, 1.54) is 39.9 Å². The molecule has 0 unspecified atom stereocenters. The second-order valence-electron chi connectivity index (χ2n) is 8.05. The van der Waals surface area contributed by atoms with Crippen LogP contribution in [0.4, 0.5) is 5.82 Å². The van der Waals surface area contributed by atoms with Gasteiger partial charge in [-0.25, -0.2) is 9.97 Å². The highest BCUT2D eigenvalue weighted by atomic mass is 32.1. The summed E-state index contributed by atoms with van der Waals surface area (Å²) in [6.07, 6.45) is 4.09. The molecule has 0 spiro atoms. The monoisotopic (exact) mass is 388 g/mol. The van der Waals surface area contributed by atoms with E-state index in [1.54, 1.807) is 0 Å². The van der Waals surface area contributed by atoms with Crippen LogP contribution in [0, 0.1) is 0 Å². The van der Waals surface area contributed by atoms with Crippen LogP contribution in [0.3, 0.4) is 0 Å². The highest BCUT2D eigenvalue weighted by molar-refractivity contribution is 7.19. The Balaban J connectivity index is 1.55. The topological polar surface area (TPSA) is 50.7 Å². The average Bonchev–Trinajstić information content (AvgIpc) is 3.22. The first-order chi connectivity index (χ1) is 13.2. The first kappa shape index (κ1) is 17.8. The molecule has 3 aliphatic rings. The fourth-order valence-electron chi connectivity index (χ4n) is 4.63. The minimum Gasteiger partial charge on any atom is -0.379 e. The molecule has 1 aliphatic carbocycles. The van der Waals surface area contributed by atoms with Gasteiger partial charge in [0.15, 0.2) is 0 Å². The maximum Gasteiger partial charge on any atom is 0.146 e. The van der Waals surface area contributed by atoms with Crippen molar-refractivity contribution in [3.8, 4) is 0 Å². The lowest BCUT2D eigenvalue weighted by atomic mass is 10.1. The van der Waals surface area contributed by atoms with Gasteiger partial charge in [0.1, 0.15) is 16.5 Å². The van der Waals surface area contributed by atoms with Crippen molar-refractivity contribution in [3.63, 3.8) is 0 Å². The van der Waals surface area contributed by atoms with E-state index in [2.05, 4.69) is 23.6 Å². The fourth-order valence-corrected chi connectivity index (χ4v) is 5.90. The molecular formula is C20H28N4O2S. The van der Waals surface area contributed by atoms with Crippen molar-refractivity contribution in [1.82, 2.24) is 14.9 Å². The number of hydrogen-bond donors (Lipinski definition) is 0. The number of nitrogens with zero attached hydrogens (tertiary/aromatic N) is 4. The summed E-state index contributed by atoms with van der Waals surface area (Å²) < 4.78 is 11.5. The Kier molecular flexibility index (Phi) is 4.80. The SMILES string of the molecule is C[C@@H]1CN(c2nc(CN3CCOCC3)nc3sc4c(c23)CCC4)C[C@@H](C)O1. The van der Waals surface area contributed by atoms with Gasteiger partial charge >= 0.3 is 0 Å². The Bertz CT molecular complexity index is 823. The smallest absolute Gasteiger partial charge is 0.146 e. The Morgan fingerprint density at radius 3 is 2.63 bits per heavy atom. The highest BCUT2D eigenvalue weighted by Gasteiger charge is 2.29. The van der Waals surface area contributed by atoms with Gasteiger partial charge in [0.25, 0.3) is 0 Å². The lowest BCUT2D eigenvalue weighted by Gasteiger charge is -2.36. The fraction of sp³-hybridized carbons (Fsp3) is 0.700. The minimum absolute atomic E-state index is 0.230.